The van der Waals surface area contributed by atoms with Crippen molar-refractivity contribution in [2.45, 2.75) is 12.8 Å². The maximum absolute atomic E-state index is 8.91. The number of aliphatic hydroxyl groups excluding tert-OH is 1. The SMILES string of the molecule is OCCc1ccc2c(c1Br)OCCCO2. The predicted octanol–water partition coefficient (Wildman–Crippen LogP) is 2.15. The van der Waals surface area contributed by atoms with Crippen LogP contribution in [0, 0.1) is 0 Å². The molecule has 0 aromatic heterocycles. The first-order valence-corrected chi connectivity index (χ1v) is 5.80. The molecule has 0 fully saturated rings. The van der Waals surface area contributed by atoms with Crippen LogP contribution in [0.1, 0.15) is 12.0 Å². The first kappa shape index (κ1) is 10.8. The number of hydrogen-bond donors (Lipinski definition) is 1. The Balaban J connectivity index is 2.36. The number of benzene rings is 1. The first-order chi connectivity index (χ1) is 7.33. The average molecular weight is 273 g/mol. The fourth-order valence-corrected chi connectivity index (χ4v) is 2.20. The van der Waals surface area contributed by atoms with Crippen LogP contribution in [0.15, 0.2) is 16.6 Å². The highest BCUT2D eigenvalue weighted by molar-refractivity contribution is 9.10. The molecule has 0 saturated carbocycles. The van der Waals surface area contributed by atoms with Gasteiger partial charge in [-0.1, -0.05) is 6.07 Å². The lowest BCUT2D eigenvalue weighted by Crippen LogP contribution is -1.98. The zero-order valence-corrected chi connectivity index (χ0v) is 9.92. The molecule has 0 unspecified atom stereocenters. The second-order valence-corrected chi connectivity index (χ2v) is 4.18. The van der Waals surface area contributed by atoms with Crippen LogP contribution in [0.4, 0.5) is 0 Å². The Morgan fingerprint density at radius 2 is 2.07 bits per heavy atom. The fraction of sp³-hybridized carbons (Fsp3) is 0.455. The summed E-state index contributed by atoms with van der Waals surface area (Å²) < 4.78 is 12.1. The van der Waals surface area contributed by atoms with Crippen molar-refractivity contribution in [3.63, 3.8) is 0 Å². The quantitative estimate of drug-likeness (QED) is 0.897. The maximum Gasteiger partial charge on any atom is 0.175 e. The summed E-state index contributed by atoms with van der Waals surface area (Å²) in [5, 5.41) is 8.91. The van der Waals surface area contributed by atoms with Crippen LogP contribution in [0.25, 0.3) is 0 Å². The molecule has 1 aromatic rings. The lowest BCUT2D eigenvalue weighted by Gasteiger charge is -2.12. The van der Waals surface area contributed by atoms with E-state index in [4.69, 9.17) is 14.6 Å². The van der Waals surface area contributed by atoms with Gasteiger partial charge in [-0.15, -0.1) is 0 Å². The summed E-state index contributed by atoms with van der Waals surface area (Å²) in [6, 6.07) is 3.85. The molecule has 15 heavy (non-hydrogen) atoms. The molecule has 0 amide bonds. The molecule has 0 spiro atoms. The van der Waals surface area contributed by atoms with Crippen molar-refractivity contribution in [2.75, 3.05) is 19.8 Å². The van der Waals surface area contributed by atoms with E-state index in [0.717, 1.165) is 28.0 Å². The van der Waals surface area contributed by atoms with Crippen molar-refractivity contribution < 1.29 is 14.6 Å². The average Bonchev–Trinajstić information content (AvgIpc) is 2.48. The second-order valence-electron chi connectivity index (χ2n) is 3.39. The van der Waals surface area contributed by atoms with Gasteiger partial charge in [-0.05, 0) is 34.0 Å². The van der Waals surface area contributed by atoms with Gasteiger partial charge in [0.25, 0.3) is 0 Å². The Morgan fingerprint density at radius 1 is 1.27 bits per heavy atom. The summed E-state index contributed by atoms with van der Waals surface area (Å²) >= 11 is 3.49. The summed E-state index contributed by atoms with van der Waals surface area (Å²) in [6.45, 7) is 1.51. The predicted molar refractivity (Wildman–Crippen MR) is 60.5 cm³/mol. The van der Waals surface area contributed by atoms with Crippen LogP contribution >= 0.6 is 15.9 Å². The van der Waals surface area contributed by atoms with Gasteiger partial charge < -0.3 is 14.6 Å². The lowest BCUT2D eigenvalue weighted by molar-refractivity contribution is 0.295. The Labute approximate surface area is 97.1 Å². The second kappa shape index (κ2) is 4.86. The van der Waals surface area contributed by atoms with E-state index >= 15 is 0 Å². The van der Waals surface area contributed by atoms with Crippen molar-refractivity contribution in [1.29, 1.82) is 0 Å². The van der Waals surface area contributed by atoms with Crippen LogP contribution in [-0.4, -0.2) is 24.9 Å². The van der Waals surface area contributed by atoms with E-state index in [1.54, 1.807) is 0 Å². The molecule has 1 heterocycles. The van der Waals surface area contributed by atoms with E-state index < -0.39 is 0 Å². The Kier molecular flexibility index (Phi) is 3.49. The zero-order chi connectivity index (χ0) is 10.7. The van der Waals surface area contributed by atoms with Crippen LogP contribution in [0.5, 0.6) is 11.5 Å². The summed E-state index contributed by atoms with van der Waals surface area (Å²) in [5.41, 5.74) is 1.04. The third-order valence-corrected chi connectivity index (χ3v) is 3.18. The van der Waals surface area contributed by atoms with E-state index in [9.17, 15) is 0 Å². The molecular formula is C11H13BrO3. The number of aliphatic hydroxyl groups is 1. The topological polar surface area (TPSA) is 38.7 Å². The first-order valence-electron chi connectivity index (χ1n) is 5.01. The molecule has 0 saturated heterocycles. The van der Waals surface area contributed by atoms with Crippen molar-refractivity contribution in [3.05, 3.63) is 22.2 Å². The fourth-order valence-electron chi connectivity index (χ4n) is 1.56. The Bertz CT molecular complexity index is 352. The largest absolute Gasteiger partial charge is 0.490 e. The van der Waals surface area contributed by atoms with Gasteiger partial charge >= 0.3 is 0 Å². The smallest absolute Gasteiger partial charge is 0.175 e. The van der Waals surface area contributed by atoms with Gasteiger partial charge in [0.05, 0.1) is 17.7 Å². The van der Waals surface area contributed by atoms with Gasteiger partial charge in [-0.25, -0.2) is 0 Å². The molecule has 1 aromatic carbocycles. The van der Waals surface area contributed by atoms with E-state index in [1.807, 2.05) is 12.1 Å². The zero-order valence-electron chi connectivity index (χ0n) is 8.33. The van der Waals surface area contributed by atoms with Gasteiger partial charge in [0, 0.05) is 13.0 Å². The summed E-state index contributed by atoms with van der Waals surface area (Å²) in [4.78, 5) is 0. The minimum Gasteiger partial charge on any atom is -0.490 e. The van der Waals surface area contributed by atoms with Crippen LogP contribution < -0.4 is 9.47 Å². The van der Waals surface area contributed by atoms with E-state index in [0.29, 0.717) is 19.6 Å². The molecule has 1 aliphatic heterocycles. The highest BCUT2D eigenvalue weighted by Gasteiger charge is 2.16. The molecule has 82 valence electrons. The van der Waals surface area contributed by atoms with Gasteiger partial charge in [0.15, 0.2) is 11.5 Å². The molecule has 4 heteroatoms. The van der Waals surface area contributed by atoms with Crippen LogP contribution in [-0.2, 0) is 6.42 Å². The van der Waals surface area contributed by atoms with Crippen LogP contribution in [0.3, 0.4) is 0 Å². The molecular weight excluding hydrogens is 260 g/mol. The van der Waals surface area contributed by atoms with Gasteiger partial charge in [0.2, 0.25) is 0 Å². The number of hydrogen-bond acceptors (Lipinski definition) is 3. The third-order valence-electron chi connectivity index (χ3n) is 2.31. The summed E-state index contributed by atoms with van der Waals surface area (Å²) in [7, 11) is 0. The maximum atomic E-state index is 8.91. The van der Waals surface area contributed by atoms with Crippen molar-refractivity contribution in [3.8, 4) is 11.5 Å². The highest BCUT2D eigenvalue weighted by Crippen LogP contribution is 2.39. The molecule has 0 aliphatic carbocycles. The molecule has 0 atom stereocenters. The molecule has 1 aliphatic rings. The normalized spacial score (nSPS) is 14.8. The highest BCUT2D eigenvalue weighted by atomic mass is 79.9. The molecule has 0 radical (unpaired) electrons. The minimum absolute atomic E-state index is 0.137. The summed E-state index contributed by atoms with van der Waals surface area (Å²) in [5.74, 6) is 1.54. The Morgan fingerprint density at radius 3 is 2.87 bits per heavy atom. The number of fused-ring (bicyclic) bond motifs is 1. The Hall–Kier alpha value is -0.740. The summed E-state index contributed by atoms with van der Waals surface area (Å²) in [6.07, 6.45) is 1.52. The number of rotatable bonds is 2. The van der Waals surface area contributed by atoms with E-state index in [-0.39, 0.29) is 6.61 Å². The van der Waals surface area contributed by atoms with Crippen molar-refractivity contribution in [2.24, 2.45) is 0 Å². The minimum atomic E-state index is 0.137. The van der Waals surface area contributed by atoms with Gasteiger partial charge in [-0.2, -0.15) is 0 Å². The van der Waals surface area contributed by atoms with Crippen molar-refractivity contribution in [1.82, 2.24) is 0 Å². The van der Waals surface area contributed by atoms with Gasteiger partial charge in [-0.3, -0.25) is 0 Å². The van der Waals surface area contributed by atoms with E-state index in [2.05, 4.69) is 15.9 Å². The molecule has 3 nitrogen and oxygen atoms in total. The number of ether oxygens (including phenoxy) is 2. The standard InChI is InChI=1S/C11H13BrO3/c12-10-8(4-5-13)2-3-9-11(10)15-7-1-6-14-9/h2-3,13H,1,4-7H2. The van der Waals surface area contributed by atoms with Gasteiger partial charge in [0.1, 0.15) is 0 Å². The van der Waals surface area contributed by atoms with E-state index in [1.165, 1.54) is 0 Å². The monoisotopic (exact) mass is 272 g/mol. The molecule has 0 bridgehead atoms. The number of halogens is 1. The third kappa shape index (κ3) is 2.26. The lowest BCUT2D eigenvalue weighted by atomic mass is 10.1. The van der Waals surface area contributed by atoms with Crippen LogP contribution in [0.2, 0.25) is 0 Å². The molecule has 1 N–H and O–H groups in total. The van der Waals surface area contributed by atoms with Crippen molar-refractivity contribution >= 4 is 15.9 Å². The molecule has 2 rings (SSSR count).